The minimum absolute atomic E-state index is 0.0529. The quantitative estimate of drug-likeness (QED) is 0.342. The molecule has 0 bridgehead atoms. The first-order valence-corrected chi connectivity index (χ1v) is 15.1. The van der Waals surface area contributed by atoms with Gasteiger partial charge in [0, 0.05) is 51.0 Å². The van der Waals surface area contributed by atoms with Gasteiger partial charge in [-0.25, -0.2) is 21.2 Å². The number of halogens is 1. The van der Waals surface area contributed by atoms with Gasteiger partial charge in [-0.05, 0) is 55.2 Å². The van der Waals surface area contributed by atoms with Gasteiger partial charge in [-0.1, -0.05) is 18.2 Å². The summed E-state index contributed by atoms with van der Waals surface area (Å²) in [5.74, 6) is -1.58. The standard InChI is InChI=1S/C24H30FN4O6S2/c25-21-8-10-22(11-9-21)26-13-15-27(16-14-26)36(32,33)18-24(29(31)19-30)20-5-4-12-28(17-20)37(34,35)23-6-2-1-3-7-23/h1-3,6-11,19-20,24H,4-5,12-18H2/q-1. The van der Waals surface area contributed by atoms with Crippen molar-refractivity contribution < 1.29 is 26.0 Å². The van der Waals surface area contributed by atoms with Gasteiger partial charge in [0.2, 0.25) is 20.0 Å². The number of rotatable bonds is 9. The lowest BCUT2D eigenvalue weighted by Gasteiger charge is -2.43. The van der Waals surface area contributed by atoms with Gasteiger partial charge in [0.15, 0.2) is 6.41 Å². The molecule has 2 aromatic carbocycles. The van der Waals surface area contributed by atoms with Crippen LogP contribution in [0.1, 0.15) is 12.8 Å². The lowest BCUT2D eigenvalue weighted by atomic mass is 9.92. The second-order valence-corrected chi connectivity index (χ2v) is 13.2. The molecule has 0 radical (unpaired) electrons. The molecule has 2 saturated heterocycles. The molecule has 202 valence electrons. The number of hydroxylamine groups is 2. The summed E-state index contributed by atoms with van der Waals surface area (Å²) < 4.78 is 68.6. The van der Waals surface area contributed by atoms with E-state index < -0.39 is 37.8 Å². The zero-order chi connectivity index (χ0) is 26.6. The first kappa shape index (κ1) is 27.5. The first-order valence-electron chi connectivity index (χ1n) is 12.1. The van der Waals surface area contributed by atoms with Crippen LogP contribution in [0.4, 0.5) is 10.1 Å². The number of anilines is 1. The molecule has 0 saturated carbocycles. The number of hydrogen-bond donors (Lipinski definition) is 0. The Morgan fingerprint density at radius 2 is 1.59 bits per heavy atom. The minimum Gasteiger partial charge on any atom is -0.756 e. The molecule has 2 atom stereocenters. The van der Waals surface area contributed by atoms with Crippen molar-refractivity contribution in [2.45, 2.75) is 23.8 Å². The molecule has 2 heterocycles. The number of nitrogens with zero attached hydrogens (tertiary/aromatic N) is 4. The Bertz CT molecular complexity index is 1270. The maximum absolute atomic E-state index is 13.3. The van der Waals surface area contributed by atoms with Crippen LogP contribution in [-0.4, -0.2) is 88.0 Å². The number of carbonyl (C=O) groups excluding carboxylic acids is 1. The highest BCUT2D eigenvalue weighted by Gasteiger charge is 2.38. The third kappa shape index (κ3) is 6.29. The van der Waals surface area contributed by atoms with Crippen molar-refractivity contribution >= 4 is 32.1 Å². The summed E-state index contributed by atoms with van der Waals surface area (Å²) >= 11 is 0. The van der Waals surface area contributed by atoms with Crippen LogP contribution in [0.15, 0.2) is 59.5 Å². The van der Waals surface area contributed by atoms with E-state index in [1.54, 1.807) is 30.3 Å². The van der Waals surface area contributed by atoms with Crippen molar-refractivity contribution in [3.05, 3.63) is 65.6 Å². The zero-order valence-corrected chi connectivity index (χ0v) is 21.9. The average Bonchev–Trinajstić information content (AvgIpc) is 2.92. The van der Waals surface area contributed by atoms with Crippen molar-refractivity contribution in [2.24, 2.45) is 5.92 Å². The topological polar surface area (TPSA) is 121 Å². The number of piperazine rings is 1. The monoisotopic (exact) mass is 553 g/mol. The van der Waals surface area contributed by atoms with E-state index in [1.807, 2.05) is 4.90 Å². The summed E-state index contributed by atoms with van der Waals surface area (Å²) in [5.41, 5.74) is 0.782. The number of amides is 1. The second kappa shape index (κ2) is 11.4. The van der Waals surface area contributed by atoms with Crippen molar-refractivity contribution in [3.63, 3.8) is 0 Å². The third-order valence-corrected chi connectivity index (χ3v) is 10.8. The van der Waals surface area contributed by atoms with Crippen molar-refractivity contribution in [3.8, 4) is 0 Å². The predicted octanol–water partition coefficient (Wildman–Crippen LogP) is 1.70. The van der Waals surface area contributed by atoms with Gasteiger partial charge in [-0.15, -0.1) is 0 Å². The molecule has 4 rings (SSSR count). The molecular formula is C24H30FN4O6S2-. The van der Waals surface area contributed by atoms with Crippen LogP contribution in [0.5, 0.6) is 0 Å². The fourth-order valence-corrected chi connectivity index (χ4v) is 8.28. The molecular weight excluding hydrogens is 523 g/mol. The zero-order valence-electron chi connectivity index (χ0n) is 20.2. The fourth-order valence-electron chi connectivity index (χ4n) is 4.94. The fraction of sp³-hybridized carbons (Fsp3) is 0.458. The largest absolute Gasteiger partial charge is 0.756 e. The Morgan fingerprint density at radius 1 is 0.946 bits per heavy atom. The molecule has 2 unspecified atom stereocenters. The maximum atomic E-state index is 13.3. The molecule has 0 spiro atoms. The first-order chi connectivity index (χ1) is 17.6. The van der Waals surface area contributed by atoms with Crippen LogP contribution < -0.4 is 4.90 Å². The van der Waals surface area contributed by atoms with Gasteiger partial charge in [-0.2, -0.15) is 8.61 Å². The number of piperidine rings is 1. The van der Waals surface area contributed by atoms with E-state index in [0.717, 1.165) is 5.69 Å². The van der Waals surface area contributed by atoms with Crippen LogP contribution in [0.2, 0.25) is 0 Å². The molecule has 10 nitrogen and oxygen atoms in total. The molecule has 0 N–H and O–H groups in total. The summed E-state index contributed by atoms with van der Waals surface area (Å²) in [5, 5.41) is 12.6. The van der Waals surface area contributed by atoms with Gasteiger partial charge in [0.1, 0.15) is 5.82 Å². The van der Waals surface area contributed by atoms with E-state index in [-0.39, 0.29) is 48.4 Å². The van der Waals surface area contributed by atoms with Gasteiger partial charge in [-0.3, -0.25) is 4.79 Å². The summed E-state index contributed by atoms with van der Waals surface area (Å²) in [4.78, 5) is 13.5. The molecule has 13 heteroatoms. The Morgan fingerprint density at radius 3 is 2.22 bits per heavy atom. The highest BCUT2D eigenvalue weighted by molar-refractivity contribution is 7.89. The number of benzene rings is 2. The lowest BCUT2D eigenvalue weighted by Crippen LogP contribution is -2.54. The van der Waals surface area contributed by atoms with E-state index in [1.165, 1.54) is 32.9 Å². The van der Waals surface area contributed by atoms with Gasteiger partial charge in [0.25, 0.3) is 0 Å². The number of hydrogen-bond acceptors (Lipinski definition) is 7. The normalized spacial score (nSPS) is 20.9. The molecule has 2 aromatic rings. The summed E-state index contributed by atoms with van der Waals surface area (Å²) in [6.07, 6.45) is 0.916. The Balaban J connectivity index is 1.45. The lowest BCUT2D eigenvalue weighted by molar-refractivity contribution is -0.118. The summed E-state index contributed by atoms with van der Waals surface area (Å²) in [6.45, 7) is 1.31. The number of carbonyl (C=O) groups is 1. The molecule has 0 aromatic heterocycles. The molecule has 0 aliphatic carbocycles. The minimum atomic E-state index is -3.93. The van der Waals surface area contributed by atoms with E-state index >= 15 is 0 Å². The Labute approximate surface area is 216 Å². The molecule has 2 aliphatic heterocycles. The molecule has 1 amide bonds. The van der Waals surface area contributed by atoms with Crippen molar-refractivity contribution in [1.82, 2.24) is 13.7 Å². The molecule has 37 heavy (non-hydrogen) atoms. The van der Waals surface area contributed by atoms with Gasteiger partial charge >= 0.3 is 0 Å². The van der Waals surface area contributed by atoms with E-state index in [9.17, 15) is 31.2 Å². The average molecular weight is 554 g/mol. The summed E-state index contributed by atoms with van der Waals surface area (Å²) in [7, 11) is -7.75. The van der Waals surface area contributed by atoms with E-state index in [4.69, 9.17) is 0 Å². The predicted molar refractivity (Wildman–Crippen MR) is 137 cm³/mol. The van der Waals surface area contributed by atoms with Crippen LogP contribution in [0.3, 0.4) is 0 Å². The highest BCUT2D eigenvalue weighted by atomic mass is 32.2. The van der Waals surface area contributed by atoms with E-state index in [2.05, 4.69) is 0 Å². The second-order valence-electron chi connectivity index (χ2n) is 9.25. The van der Waals surface area contributed by atoms with Gasteiger partial charge < -0.3 is 15.2 Å². The van der Waals surface area contributed by atoms with Crippen molar-refractivity contribution in [1.29, 1.82) is 0 Å². The third-order valence-electron chi connectivity index (χ3n) is 6.98. The van der Waals surface area contributed by atoms with Crippen LogP contribution in [0, 0.1) is 16.9 Å². The maximum Gasteiger partial charge on any atom is 0.243 e. The van der Waals surface area contributed by atoms with Gasteiger partial charge in [0.05, 0.1) is 10.6 Å². The van der Waals surface area contributed by atoms with Crippen molar-refractivity contribution in [2.75, 3.05) is 49.9 Å². The van der Waals surface area contributed by atoms with Crippen LogP contribution in [-0.2, 0) is 24.8 Å². The smallest absolute Gasteiger partial charge is 0.243 e. The Hall–Kier alpha value is -2.58. The number of sulfonamides is 2. The SMILES string of the molecule is O=CN([O-])C(CS(=O)(=O)N1CCN(c2ccc(F)cc2)CC1)C1CCCN(S(=O)(=O)c2ccccc2)C1. The summed E-state index contributed by atoms with van der Waals surface area (Å²) in [6, 6.07) is 12.6. The van der Waals surface area contributed by atoms with E-state index in [0.29, 0.717) is 25.9 Å². The van der Waals surface area contributed by atoms with Crippen LogP contribution in [0.25, 0.3) is 0 Å². The van der Waals surface area contributed by atoms with Crippen LogP contribution >= 0.6 is 0 Å². The Kier molecular flexibility index (Phi) is 8.49. The highest BCUT2D eigenvalue weighted by Crippen LogP contribution is 2.29. The molecule has 2 aliphatic rings. The molecule has 2 fully saturated rings.